The van der Waals surface area contributed by atoms with Crippen molar-refractivity contribution in [3.8, 4) is 0 Å². The summed E-state index contributed by atoms with van der Waals surface area (Å²) < 4.78 is 13.9. The maximum absolute atomic E-state index is 13.9. The van der Waals surface area contributed by atoms with Crippen molar-refractivity contribution in [2.75, 3.05) is 6.54 Å². The number of hydrogen-bond donors (Lipinski definition) is 1. The third-order valence-electron chi connectivity index (χ3n) is 4.09. The number of rotatable bonds is 5. The fourth-order valence-corrected chi connectivity index (χ4v) is 2.57. The molecular formula is C19H24FN. The largest absolute Gasteiger partial charge is 0.306 e. The Morgan fingerprint density at radius 1 is 1.05 bits per heavy atom. The zero-order chi connectivity index (χ0) is 15.4. The van der Waals surface area contributed by atoms with Crippen molar-refractivity contribution in [2.45, 2.75) is 40.2 Å². The van der Waals surface area contributed by atoms with Crippen molar-refractivity contribution in [1.29, 1.82) is 0 Å². The molecule has 0 saturated carbocycles. The summed E-state index contributed by atoms with van der Waals surface area (Å²) in [6, 6.07) is 11.9. The maximum atomic E-state index is 13.9. The molecule has 0 amide bonds. The van der Waals surface area contributed by atoms with Crippen LogP contribution in [0.4, 0.5) is 4.39 Å². The van der Waals surface area contributed by atoms with E-state index < -0.39 is 0 Å². The molecule has 21 heavy (non-hydrogen) atoms. The van der Waals surface area contributed by atoms with Gasteiger partial charge in [0.2, 0.25) is 0 Å². The van der Waals surface area contributed by atoms with Crippen molar-refractivity contribution in [1.82, 2.24) is 5.32 Å². The first kappa shape index (κ1) is 15.7. The topological polar surface area (TPSA) is 12.0 Å². The molecule has 0 aliphatic heterocycles. The second-order valence-electron chi connectivity index (χ2n) is 5.68. The minimum absolute atomic E-state index is 0.0416. The smallest absolute Gasteiger partial charge is 0.126 e. The average Bonchev–Trinajstić information content (AvgIpc) is 2.47. The van der Waals surface area contributed by atoms with E-state index >= 15 is 0 Å². The Morgan fingerprint density at radius 2 is 1.81 bits per heavy atom. The number of aryl methyl sites for hydroxylation is 2. The SMILES string of the molecule is CCCNC(c1ccc(C)c(F)c1)c1cccc(C)c1C. The Balaban J connectivity index is 2.47. The predicted octanol–water partition coefficient (Wildman–Crippen LogP) is 4.84. The van der Waals surface area contributed by atoms with Crippen LogP contribution in [-0.2, 0) is 0 Å². The molecule has 112 valence electrons. The van der Waals surface area contributed by atoms with Crippen LogP contribution in [0.25, 0.3) is 0 Å². The fourth-order valence-electron chi connectivity index (χ4n) is 2.57. The molecule has 0 spiro atoms. The van der Waals surface area contributed by atoms with Gasteiger partial charge < -0.3 is 5.32 Å². The van der Waals surface area contributed by atoms with Gasteiger partial charge in [0.25, 0.3) is 0 Å². The van der Waals surface area contributed by atoms with E-state index in [9.17, 15) is 4.39 Å². The van der Waals surface area contributed by atoms with Crippen LogP contribution in [0.15, 0.2) is 36.4 Å². The highest BCUT2D eigenvalue weighted by atomic mass is 19.1. The first-order valence-corrected chi connectivity index (χ1v) is 7.60. The molecular weight excluding hydrogens is 261 g/mol. The molecule has 1 N–H and O–H groups in total. The van der Waals surface area contributed by atoms with E-state index in [4.69, 9.17) is 0 Å². The van der Waals surface area contributed by atoms with Crippen molar-refractivity contribution < 1.29 is 4.39 Å². The van der Waals surface area contributed by atoms with Crippen LogP contribution >= 0.6 is 0 Å². The van der Waals surface area contributed by atoms with Gasteiger partial charge in [0.1, 0.15) is 5.82 Å². The maximum Gasteiger partial charge on any atom is 0.126 e. The first-order chi connectivity index (χ1) is 10.0. The van der Waals surface area contributed by atoms with Crippen LogP contribution in [0.5, 0.6) is 0 Å². The van der Waals surface area contributed by atoms with Crippen LogP contribution in [0.2, 0.25) is 0 Å². The second-order valence-corrected chi connectivity index (χ2v) is 5.68. The van der Waals surface area contributed by atoms with E-state index in [2.05, 4.69) is 44.3 Å². The highest BCUT2D eigenvalue weighted by Gasteiger charge is 2.17. The fraction of sp³-hybridized carbons (Fsp3) is 0.368. The van der Waals surface area contributed by atoms with Gasteiger partial charge in [0.05, 0.1) is 6.04 Å². The summed E-state index contributed by atoms with van der Waals surface area (Å²) in [5.41, 5.74) is 5.44. The second kappa shape index (κ2) is 6.86. The van der Waals surface area contributed by atoms with E-state index in [-0.39, 0.29) is 11.9 Å². The van der Waals surface area contributed by atoms with Crippen LogP contribution < -0.4 is 5.32 Å². The molecule has 0 saturated heterocycles. The molecule has 2 aromatic rings. The van der Waals surface area contributed by atoms with Gasteiger partial charge in [-0.2, -0.15) is 0 Å². The summed E-state index contributed by atoms with van der Waals surface area (Å²) in [5, 5.41) is 3.55. The molecule has 2 rings (SSSR count). The first-order valence-electron chi connectivity index (χ1n) is 7.60. The molecule has 1 atom stereocenters. The lowest BCUT2D eigenvalue weighted by Gasteiger charge is -2.23. The molecule has 0 heterocycles. The van der Waals surface area contributed by atoms with Gasteiger partial charge in [-0.1, -0.05) is 37.3 Å². The van der Waals surface area contributed by atoms with E-state index in [1.54, 1.807) is 13.0 Å². The van der Waals surface area contributed by atoms with Gasteiger partial charge in [-0.15, -0.1) is 0 Å². The van der Waals surface area contributed by atoms with Crippen LogP contribution in [0, 0.1) is 26.6 Å². The quantitative estimate of drug-likeness (QED) is 0.829. The average molecular weight is 285 g/mol. The third-order valence-corrected chi connectivity index (χ3v) is 4.09. The predicted molar refractivity (Wildman–Crippen MR) is 87.2 cm³/mol. The van der Waals surface area contributed by atoms with E-state index in [1.807, 2.05) is 12.1 Å². The standard InChI is InChI=1S/C19H24FN/c1-5-11-21-19(16-10-9-14(3)18(20)12-16)17-8-6-7-13(2)15(17)4/h6-10,12,19,21H,5,11H2,1-4H3. The lowest BCUT2D eigenvalue weighted by Crippen LogP contribution is -2.24. The molecule has 1 unspecified atom stereocenters. The lowest BCUT2D eigenvalue weighted by molar-refractivity contribution is 0.580. The Hall–Kier alpha value is -1.67. The van der Waals surface area contributed by atoms with E-state index in [1.165, 1.54) is 16.7 Å². The van der Waals surface area contributed by atoms with Gasteiger partial charge in [-0.05, 0) is 67.6 Å². The van der Waals surface area contributed by atoms with Crippen LogP contribution in [0.1, 0.15) is 47.2 Å². The minimum atomic E-state index is -0.138. The summed E-state index contributed by atoms with van der Waals surface area (Å²) in [7, 11) is 0. The van der Waals surface area contributed by atoms with Gasteiger partial charge >= 0.3 is 0 Å². The normalized spacial score (nSPS) is 12.4. The molecule has 0 bridgehead atoms. The van der Waals surface area contributed by atoms with Gasteiger partial charge in [0, 0.05) is 0 Å². The Kier molecular flexibility index (Phi) is 5.13. The number of nitrogens with one attached hydrogen (secondary N) is 1. The van der Waals surface area contributed by atoms with Gasteiger partial charge in [-0.25, -0.2) is 4.39 Å². The third kappa shape index (κ3) is 3.51. The highest BCUT2D eigenvalue weighted by Crippen LogP contribution is 2.27. The van der Waals surface area contributed by atoms with Crippen molar-refractivity contribution in [3.63, 3.8) is 0 Å². The lowest BCUT2D eigenvalue weighted by atomic mass is 9.92. The summed E-state index contributed by atoms with van der Waals surface area (Å²) >= 11 is 0. The molecule has 0 aromatic heterocycles. The number of halogens is 1. The molecule has 2 heteroatoms. The molecule has 1 nitrogen and oxygen atoms in total. The van der Waals surface area contributed by atoms with Crippen LogP contribution in [0.3, 0.4) is 0 Å². The summed E-state index contributed by atoms with van der Waals surface area (Å²) in [5.74, 6) is -0.138. The zero-order valence-corrected chi connectivity index (χ0v) is 13.3. The summed E-state index contributed by atoms with van der Waals surface area (Å²) in [4.78, 5) is 0. The van der Waals surface area contributed by atoms with Gasteiger partial charge in [-0.3, -0.25) is 0 Å². The molecule has 0 radical (unpaired) electrons. The molecule has 0 aliphatic carbocycles. The molecule has 0 fully saturated rings. The summed E-state index contributed by atoms with van der Waals surface area (Å²) in [6.07, 6.45) is 1.05. The summed E-state index contributed by atoms with van der Waals surface area (Å²) in [6.45, 7) is 9.10. The number of hydrogen-bond acceptors (Lipinski definition) is 1. The Labute approximate surface area is 127 Å². The van der Waals surface area contributed by atoms with Crippen molar-refractivity contribution >= 4 is 0 Å². The molecule has 0 aliphatic rings. The molecule has 2 aromatic carbocycles. The van der Waals surface area contributed by atoms with Crippen LogP contribution in [-0.4, -0.2) is 6.54 Å². The van der Waals surface area contributed by atoms with E-state index in [0.29, 0.717) is 5.56 Å². The highest BCUT2D eigenvalue weighted by molar-refractivity contribution is 5.41. The Morgan fingerprint density at radius 3 is 2.48 bits per heavy atom. The van der Waals surface area contributed by atoms with Gasteiger partial charge in [0.15, 0.2) is 0 Å². The monoisotopic (exact) mass is 285 g/mol. The number of benzene rings is 2. The van der Waals surface area contributed by atoms with Crippen molar-refractivity contribution in [3.05, 3.63) is 70.0 Å². The van der Waals surface area contributed by atoms with Crippen molar-refractivity contribution in [2.24, 2.45) is 0 Å². The Bertz CT molecular complexity index is 619. The minimum Gasteiger partial charge on any atom is -0.306 e. The van der Waals surface area contributed by atoms with E-state index in [0.717, 1.165) is 18.5 Å². The zero-order valence-electron chi connectivity index (χ0n) is 13.3.